The molecule has 6 nitrogen and oxygen atoms in total. The number of benzene rings is 1. The second-order valence-corrected chi connectivity index (χ2v) is 5.99. The highest BCUT2D eigenvalue weighted by Crippen LogP contribution is 2.23. The summed E-state index contributed by atoms with van der Waals surface area (Å²) < 4.78 is 5.25. The van der Waals surface area contributed by atoms with E-state index in [9.17, 15) is 9.59 Å². The van der Waals surface area contributed by atoms with Gasteiger partial charge in [-0.2, -0.15) is 0 Å². The second-order valence-electron chi connectivity index (χ2n) is 5.13. The van der Waals surface area contributed by atoms with Crippen LogP contribution < -0.4 is 11.1 Å². The second kappa shape index (κ2) is 7.10. The summed E-state index contributed by atoms with van der Waals surface area (Å²) in [7, 11) is 0. The molecule has 2 aromatic heterocycles. The van der Waals surface area contributed by atoms with Gasteiger partial charge in [0.1, 0.15) is 11.7 Å². The van der Waals surface area contributed by atoms with Gasteiger partial charge >= 0.3 is 0 Å². The van der Waals surface area contributed by atoms with Gasteiger partial charge in [0.25, 0.3) is 5.91 Å². The number of thiazole rings is 1. The predicted molar refractivity (Wildman–Crippen MR) is 90.4 cm³/mol. The number of amides is 2. The molecule has 3 N–H and O–H groups in total. The van der Waals surface area contributed by atoms with Gasteiger partial charge in [-0.05, 0) is 17.7 Å². The van der Waals surface area contributed by atoms with E-state index in [2.05, 4.69) is 10.3 Å². The van der Waals surface area contributed by atoms with E-state index in [1.54, 1.807) is 23.8 Å². The number of hydrogen-bond donors (Lipinski definition) is 2. The van der Waals surface area contributed by atoms with Crippen molar-refractivity contribution in [3.05, 3.63) is 65.4 Å². The van der Waals surface area contributed by atoms with E-state index in [0.29, 0.717) is 17.2 Å². The zero-order valence-electron chi connectivity index (χ0n) is 12.6. The van der Waals surface area contributed by atoms with E-state index >= 15 is 0 Å². The number of carbonyl (C=O) groups is 2. The molecule has 0 unspecified atom stereocenters. The molecule has 3 rings (SSSR count). The van der Waals surface area contributed by atoms with E-state index in [-0.39, 0.29) is 5.69 Å². The number of furan rings is 1. The molecular formula is C17H15N3O3S. The van der Waals surface area contributed by atoms with Crippen molar-refractivity contribution < 1.29 is 14.0 Å². The fourth-order valence-electron chi connectivity index (χ4n) is 2.20. The van der Waals surface area contributed by atoms with Crippen LogP contribution in [-0.4, -0.2) is 22.8 Å². The first-order valence-electron chi connectivity index (χ1n) is 7.27. The zero-order chi connectivity index (χ0) is 16.9. The Kier molecular flexibility index (Phi) is 4.72. The van der Waals surface area contributed by atoms with Crippen molar-refractivity contribution >= 4 is 23.2 Å². The first-order valence-corrected chi connectivity index (χ1v) is 8.15. The van der Waals surface area contributed by atoms with Crippen LogP contribution in [0.15, 0.2) is 58.5 Å². The van der Waals surface area contributed by atoms with Gasteiger partial charge in [0.05, 0.1) is 6.26 Å². The molecule has 3 aromatic rings. The summed E-state index contributed by atoms with van der Waals surface area (Å²) in [6, 6.07) is 12.1. The fourth-order valence-corrected chi connectivity index (χ4v) is 2.96. The molecule has 0 saturated carbocycles. The summed E-state index contributed by atoms with van der Waals surface area (Å²) in [6.45, 7) is 0. The summed E-state index contributed by atoms with van der Waals surface area (Å²) in [4.78, 5) is 28.2. The minimum absolute atomic E-state index is 0.228. The van der Waals surface area contributed by atoms with Crippen LogP contribution in [0.3, 0.4) is 0 Å². The van der Waals surface area contributed by atoms with Crippen molar-refractivity contribution in [3.8, 4) is 10.8 Å². The van der Waals surface area contributed by atoms with Crippen LogP contribution in [-0.2, 0) is 11.2 Å². The highest BCUT2D eigenvalue weighted by Gasteiger charge is 2.21. The molecule has 122 valence electrons. The summed E-state index contributed by atoms with van der Waals surface area (Å²) in [5.74, 6) is -0.438. The van der Waals surface area contributed by atoms with Gasteiger partial charge in [-0.25, -0.2) is 4.98 Å². The average molecular weight is 341 g/mol. The Hall–Kier alpha value is -2.93. The van der Waals surface area contributed by atoms with Gasteiger partial charge in [0, 0.05) is 11.8 Å². The molecular weight excluding hydrogens is 326 g/mol. The Morgan fingerprint density at radius 3 is 2.67 bits per heavy atom. The van der Waals surface area contributed by atoms with Gasteiger partial charge in [0.2, 0.25) is 5.91 Å². The Bertz CT molecular complexity index is 828. The van der Waals surface area contributed by atoms with Crippen molar-refractivity contribution in [2.24, 2.45) is 5.73 Å². The Balaban J connectivity index is 1.71. The molecule has 2 heterocycles. The number of rotatable bonds is 6. The number of carbonyl (C=O) groups excluding carboxylic acids is 2. The van der Waals surface area contributed by atoms with Crippen LogP contribution in [0.2, 0.25) is 0 Å². The van der Waals surface area contributed by atoms with Crippen LogP contribution in [0, 0.1) is 0 Å². The van der Waals surface area contributed by atoms with E-state index in [1.165, 1.54) is 11.3 Å². The maximum Gasteiger partial charge on any atom is 0.271 e. The van der Waals surface area contributed by atoms with Crippen molar-refractivity contribution in [1.29, 1.82) is 0 Å². The lowest BCUT2D eigenvalue weighted by Gasteiger charge is -2.14. The molecule has 0 fully saturated rings. The van der Waals surface area contributed by atoms with Crippen LogP contribution >= 0.6 is 11.3 Å². The summed E-state index contributed by atoms with van der Waals surface area (Å²) in [6.07, 6.45) is 1.87. The normalized spacial score (nSPS) is 11.8. The number of aromatic nitrogens is 1. The summed E-state index contributed by atoms with van der Waals surface area (Å²) in [5.41, 5.74) is 6.55. The molecule has 1 atom stereocenters. The number of nitrogens with two attached hydrogens (primary N) is 1. The van der Waals surface area contributed by atoms with Crippen LogP contribution in [0.25, 0.3) is 10.8 Å². The van der Waals surface area contributed by atoms with Gasteiger partial charge < -0.3 is 15.5 Å². The van der Waals surface area contributed by atoms with Crippen molar-refractivity contribution in [1.82, 2.24) is 10.3 Å². The van der Waals surface area contributed by atoms with Gasteiger partial charge in [-0.1, -0.05) is 30.3 Å². The van der Waals surface area contributed by atoms with Gasteiger partial charge in [-0.3, -0.25) is 9.59 Å². The monoisotopic (exact) mass is 341 g/mol. The fraction of sp³-hybridized carbons (Fsp3) is 0.118. The molecule has 0 aliphatic heterocycles. The predicted octanol–water partition coefficient (Wildman–Crippen LogP) is 2.23. The Morgan fingerprint density at radius 1 is 1.21 bits per heavy atom. The van der Waals surface area contributed by atoms with E-state index < -0.39 is 17.9 Å². The zero-order valence-corrected chi connectivity index (χ0v) is 13.5. The lowest BCUT2D eigenvalue weighted by Crippen LogP contribution is -2.45. The quantitative estimate of drug-likeness (QED) is 0.718. The third-order valence-electron chi connectivity index (χ3n) is 3.40. The van der Waals surface area contributed by atoms with E-state index in [0.717, 1.165) is 5.56 Å². The third-order valence-corrected chi connectivity index (χ3v) is 4.26. The highest BCUT2D eigenvalue weighted by atomic mass is 32.1. The molecule has 0 bridgehead atoms. The molecule has 1 aromatic carbocycles. The van der Waals surface area contributed by atoms with Gasteiger partial charge in [0.15, 0.2) is 10.8 Å². The number of nitrogens with zero attached hydrogens (tertiary/aromatic N) is 1. The molecule has 0 radical (unpaired) electrons. The largest absolute Gasteiger partial charge is 0.462 e. The van der Waals surface area contributed by atoms with E-state index in [4.69, 9.17) is 10.2 Å². The Morgan fingerprint density at radius 2 is 2.00 bits per heavy atom. The SMILES string of the molecule is NC(=O)[C@@H](Cc1ccccc1)NC(=O)c1csc(-c2ccco2)n1. The molecule has 0 saturated heterocycles. The molecule has 7 heteroatoms. The first-order chi connectivity index (χ1) is 11.6. The molecule has 0 aliphatic rings. The number of hydrogen-bond acceptors (Lipinski definition) is 5. The topological polar surface area (TPSA) is 98.2 Å². The minimum atomic E-state index is -0.798. The summed E-state index contributed by atoms with van der Waals surface area (Å²) >= 11 is 1.29. The smallest absolute Gasteiger partial charge is 0.271 e. The van der Waals surface area contributed by atoms with Crippen LogP contribution in [0.5, 0.6) is 0 Å². The molecule has 0 spiro atoms. The number of primary amides is 1. The lowest BCUT2D eigenvalue weighted by atomic mass is 10.1. The summed E-state index contributed by atoms with van der Waals surface area (Å²) in [5, 5.41) is 4.86. The van der Waals surface area contributed by atoms with Crippen molar-refractivity contribution in [2.75, 3.05) is 0 Å². The van der Waals surface area contributed by atoms with Gasteiger partial charge in [-0.15, -0.1) is 11.3 Å². The van der Waals surface area contributed by atoms with Crippen LogP contribution in [0.1, 0.15) is 16.1 Å². The average Bonchev–Trinajstić information content (AvgIpc) is 3.26. The Labute approximate surface area is 142 Å². The lowest BCUT2D eigenvalue weighted by molar-refractivity contribution is -0.119. The minimum Gasteiger partial charge on any atom is -0.462 e. The molecule has 0 aliphatic carbocycles. The van der Waals surface area contributed by atoms with Crippen LogP contribution in [0.4, 0.5) is 0 Å². The highest BCUT2D eigenvalue weighted by molar-refractivity contribution is 7.13. The first kappa shape index (κ1) is 15.9. The third kappa shape index (κ3) is 3.69. The molecule has 2 amide bonds. The van der Waals surface area contributed by atoms with Crippen molar-refractivity contribution in [3.63, 3.8) is 0 Å². The van der Waals surface area contributed by atoms with Crippen molar-refractivity contribution in [2.45, 2.75) is 12.5 Å². The number of nitrogens with one attached hydrogen (secondary N) is 1. The van der Waals surface area contributed by atoms with E-state index in [1.807, 2.05) is 30.3 Å². The molecule has 24 heavy (non-hydrogen) atoms. The maximum atomic E-state index is 12.3. The maximum absolute atomic E-state index is 12.3. The standard InChI is InChI=1S/C17H15N3O3S/c18-15(21)12(9-11-5-2-1-3-6-11)19-16(22)13-10-24-17(20-13)14-7-4-8-23-14/h1-8,10,12H,9H2,(H2,18,21)(H,19,22)/t12-/m1/s1.